The summed E-state index contributed by atoms with van der Waals surface area (Å²) in [7, 11) is -1.90. The van der Waals surface area contributed by atoms with Crippen LogP contribution in [0.4, 0.5) is 8.78 Å². The third-order valence-electron chi connectivity index (χ3n) is 5.79. The molecule has 1 amide bonds. The Kier molecular flexibility index (Phi) is 14.3. The minimum Gasteiger partial charge on any atom is -0.451 e. The van der Waals surface area contributed by atoms with Crippen LogP contribution in [0.15, 0.2) is 41.3 Å². The monoisotopic (exact) mass is 600 g/mol. The number of carbonyl (C=O) groups is 1. The Morgan fingerprint density at radius 3 is 2.30 bits per heavy atom. The highest BCUT2D eigenvalue weighted by molar-refractivity contribution is 7.83. The molecule has 10 nitrogen and oxygen atoms in total. The van der Waals surface area contributed by atoms with Crippen molar-refractivity contribution in [1.29, 1.82) is 0 Å². The van der Waals surface area contributed by atoms with Gasteiger partial charge in [0.1, 0.15) is 16.7 Å². The minimum absolute atomic E-state index is 0.0370. The SMILES string of the molecule is C#C.Cc1ccc(Oc2c(F)cc(S(=O)N(CCN(C)S(=O)CCN3CCOCC3)CC(=O)NO)cc2F)cc1. The zero-order valence-corrected chi connectivity index (χ0v) is 24.0. The number of amides is 1. The van der Waals surface area contributed by atoms with E-state index >= 15 is 0 Å². The van der Waals surface area contributed by atoms with E-state index in [9.17, 15) is 22.0 Å². The van der Waals surface area contributed by atoms with Gasteiger partial charge in [-0.15, -0.1) is 12.8 Å². The average molecular weight is 601 g/mol. The van der Waals surface area contributed by atoms with Crippen LogP contribution in [0.1, 0.15) is 5.56 Å². The van der Waals surface area contributed by atoms with Gasteiger partial charge in [0.2, 0.25) is 0 Å². The van der Waals surface area contributed by atoms with Gasteiger partial charge in [0.15, 0.2) is 17.4 Å². The fourth-order valence-corrected chi connectivity index (χ4v) is 5.77. The molecule has 3 rings (SSSR count). The second-order valence-electron chi connectivity index (χ2n) is 8.61. The number of likely N-dealkylation sites (N-methyl/N-ethyl adjacent to an activating group) is 1. The molecule has 2 unspecified atom stereocenters. The fourth-order valence-electron chi connectivity index (χ4n) is 3.57. The summed E-state index contributed by atoms with van der Waals surface area (Å²) in [5.41, 5.74) is 2.41. The third kappa shape index (κ3) is 10.3. The van der Waals surface area contributed by atoms with E-state index in [0.717, 1.165) is 35.1 Å². The molecule has 0 aromatic heterocycles. The number of carbonyl (C=O) groups excluding carboxylic acids is 1. The number of morpholine rings is 1. The summed E-state index contributed by atoms with van der Waals surface area (Å²) in [5, 5.41) is 8.94. The highest BCUT2D eigenvalue weighted by atomic mass is 32.2. The smallest absolute Gasteiger partial charge is 0.258 e. The van der Waals surface area contributed by atoms with Gasteiger partial charge in [-0.3, -0.25) is 14.9 Å². The summed E-state index contributed by atoms with van der Waals surface area (Å²) < 4.78 is 68.8. The van der Waals surface area contributed by atoms with Gasteiger partial charge in [-0.2, -0.15) is 0 Å². The Hall–Kier alpha value is -2.77. The maximum absolute atomic E-state index is 14.8. The van der Waals surface area contributed by atoms with Crippen molar-refractivity contribution in [1.82, 2.24) is 19.0 Å². The van der Waals surface area contributed by atoms with E-state index in [1.165, 1.54) is 5.48 Å². The summed E-state index contributed by atoms with van der Waals surface area (Å²) in [6.45, 7) is 4.87. The number of ether oxygens (including phenoxy) is 2. The molecule has 14 heteroatoms. The molecule has 0 radical (unpaired) electrons. The van der Waals surface area contributed by atoms with E-state index in [0.29, 0.717) is 25.5 Å². The molecule has 2 N–H and O–H groups in total. The van der Waals surface area contributed by atoms with Crippen molar-refractivity contribution < 1.29 is 36.7 Å². The zero-order chi connectivity index (χ0) is 29.7. The first-order chi connectivity index (χ1) is 19.2. The van der Waals surface area contributed by atoms with Gasteiger partial charge in [-0.1, -0.05) is 17.7 Å². The van der Waals surface area contributed by atoms with Gasteiger partial charge in [0.25, 0.3) is 5.91 Å². The molecule has 1 heterocycles. The number of aryl methyl sites for hydroxylation is 1. The molecular formula is C26H34F2N4O6S2. The number of benzene rings is 2. The van der Waals surface area contributed by atoms with Gasteiger partial charge in [-0.25, -0.2) is 31.3 Å². The lowest BCUT2D eigenvalue weighted by atomic mass is 10.2. The van der Waals surface area contributed by atoms with Gasteiger partial charge in [0.05, 0.1) is 41.4 Å². The molecule has 0 aliphatic carbocycles. The average Bonchev–Trinajstić information content (AvgIpc) is 2.97. The lowest BCUT2D eigenvalue weighted by molar-refractivity contribution is -0.129. The van der Waals surface area contributed by atoms with E-state index in [4.69, 9.17) is 14.7 Å². The number of nitrogens with one attached hydrogen (secondary N) is 1. The molecule has 2 aromatic rings. The van der Waals surface area contributed by atoms with E-state index in [1.807, 2.05) is 6.92 Å². The first-order valence-corrected chi connectivity index (χ1v) is 14.6. The van der Waals surface area contributed by atoms with Crippen LogP contribution < -0.4 is 10.2 Å². The van der Waals surface area contributed by atoms with Gasteiger partial charge in [0, 0.05) is 32.7 Å². The van der Waals surface area contributed by atoms with Crippen LogP contribution in [-0.2, 0) is 31.5 Å². The number of hydrogen-bond donors (Lipinski definition) is 2. The van der Waals surface area contributed by atoms with Crippen LogP contribution in [0, 0.1) is 31.4 Å². The van der Waals surface area contributed by atoms with Crippen LogP contribution in [-0.4, -0.2) is 98.3 Å². The van der Waals surface area contributed by atoms with Crippen molar-refractivity contribution in [3.05, 3.63) is 53.6 Å². The summed E-state index contributed by atoms with van der Waals surface area (Å²) in [5.74, 6) is -3.04. The minimum atomic E-state index is -2.18. The first-order valence-electron chi connectivity index (χ1n) is 12.2. The maximum atomic E-state index is 14.8. The molecule has 1 saturated heterocycles. The molecule has 220 valence electrons. The van der Waals surface area contributed by atoms with E-state index in [1.54, 1.807) is 35.6 Å². The van der Waals surface area contributed by atoms with Gasteiger partial charge in [-0.05, 0) is 38.2 Å². The highest BCUT2D eigenvalue weighted by Crippen LogP contribution is 2.30. The Bertz CT molecular complexity index is 1160. The molecule has 0 bridgehead atoms. The molecule has 2 atom stereocenters. The Morgan fingerprint density at radius 1 is 1.12 bits per heavy atom. The predicted molar refractivity (Wildman–Crippen MR) is 148 cm³/mol. The fraction of sp³-hybridized carbons (Fsp3) is 0.423. The van der Waals surface area contributed by atoms with Crippen LogP contribution >= 0.6 is 0 Å². The summed E-state index contributed by atoms with van der Waals surface area (Å²) in [6, 6.07) is 8.33. The molecule has 40 heavy (non-hydrogen) atoms. The lowest BCUT2D eigenvalue weighted by Crippen LogP contribution is -2.42. The van der Waals surface area contributed by atoms with Crippen molar-refractivity contribution in [2.24, 2.45) is 0 Å². The van der Waals surface area contributed by atoms with E-state index in [2.05, 4.69) is 17.7 Å². The molecule has 1 aliphatic heterocycles. The summed E-state index contributed by atoms with van der Waals surface area (Å²) in [6.07, 6.45) is 8.00. The Balaban J connectivity index is 0.00000274. The van der Waals surface area contributed by atoms with Crippen molar-refractivity contribution in [3.63, 3.8) is 0 Å². The van der Waals surface area contributed by atoms with Crippen LogP contribution in [0.2, 0.25) is 0 Å². The number of terminal acetylenes is 1. The van der Waals surface area contributed by atoms with Crippen molar-refractivity contribution in [2.45, 2.75) is 11.8 Å². The predicted octanol–water partition coefficient (Wildman–Crippen LogP) is 2.07. The Labute approximate surface area is 238 Å². The van der Waals surface area contributed by atoms with Gasteiger partial charge < -0.3 is 9.47 Å². The second kappa shape index (κ2) is 17.1. The molecule has 2 aromatic carbocycles. The second-order valence-corrected chi connectivity index (χ2v) is 11.8. The van der Waals surface area contributed by atoms with Crippen molar-refractivity contribution >= 4 is 27.9 Å². The lowest BCUT2D eigenvalue weighted by Gasteiger charge is -2.27. The molecule has 1 aliphatic rings. The maximum Gasteiger partial charge on any atom is 0.258 e. The standard InChI is InChI=1S/C24H32F2N4O6S2.C2H2/c1-18-3-5-19(6-4-18)36-24-21(25)15-20(16-22(24)26)38(34)30(17-23(31)27-32)8-7-28(2)37(33)14-11-29-9-12-35-13-10-29;1-2/h3-6,15-16,32H,7-14,17H2,1-2H3,(H,27,31);1-2H. The third-order valence-corrected chi connectivity index (χ3v) is 8.62. The topological polar surface area (TPSA) is 112 Å². The number of hydroxylamine groups is 1. The quantitative estimate of drug-likeness (QED) is 0.206. The van der Waals surface area contributed by atoms with Crippen molar-refractivity contribution in [3.8, 4) is 24.3 Å². The largest absolute Gasteiger partial charge is 0.451 e. The molecule has 1 fully saturated rings. The normalized spacial score (nSPS) is 15.2. The van der Waals surface area contributed by atoms with E-state index in [-0.39, 0.29) is 23.7 Å². The number of nitrogens with zero attached hydrogens (tertiary/aromatic N) is 3. The molecular weight excluding hydrogens is 566 g/mol. The molecule has 0 saturated carbocycles. The number of rotatable bonds is 13. The highest BCUT2D eigenvalue weighted by Gasteiger charge is 2.24. The van der Waals surface area contributed by atoms with Gasteiger partial charge >= 0.3 is 0 Å². The van der Waals surface area contributed by atoms with Crippen molar-refractivity contribution in [2.75, 3.05) is 65.3 Å². The van der Waals surface area contributed by atoms with Crippen LogP contribution in [0.25, 0.3) is 0 Å². The summed E-state index contributed by atoms with van der Waals surface area (Å²) in [4.78, 5) is 13.7. The van der Waals surface area contributed by atoms with Crippen LogP contribution in [0.5, 0.6) is 11.5 Å². The summed E-state index contributed by atoms with van der Waals surface area (Å²) >= 11 is 0. The number of halogens is 2. The van der Waals surface area contributed by atoms with E-state index < -0.39 is 51.8 Å². The number of hydrogen-bond acceptors (Lipinski definition) is 7. The first kappa shape index (κ1) is 33.4. The van der Waals surface area contributed by atoms with Crippen LogP contribution in [0.3, 0.4) is 0 Å². The molecule has 0 spiro atoms. The zero-order valence-electron chi connectivity index (χ0n) is 22.4. The Morgan fingerprint density at radius 2 is 1.73 bits per heavy atom.